The van der Waals surface area contributed by atoms with Gasteiger partial charge in [0.15, 0.2) is 12.1 Å². The molecule has 0 rings (SSSR count). The number of carboxylic acids is 1. The highest BCUT2D eigenvalue weighted by atomic mass is 16.6. The number of rotatable bonds is 50. The Morgan fingerprint density at radius 1 is 0.460 bits per heavy atom. The fourth-order valence-electron chi connectivity index (χ4n) is 8.44. The lowest BCUT2D eigenvalue weighted by atomic mass is 10.0. The molecule has 0 fully saturated rings. The zero-order valence-electron chi connectivity index (χ0n) is 42.6. The average Bonchev–Trinajstić information content (AvgIpc) is 3.24. The van der Waals surface area contributed by atoms with Crippen LogP contribution in [0.4, 0.5) is 0 Å². The van der Waals surface area contributed by atoms with Crippen LogP contribution in [-0.2, 0) is 28.6 Å². The molecule has 0 saturated heterocycles. The van der Waals surface area contributed by atoms with Gasteiger partial charge in [-0.15, -0.1) is 0 Å². The molecule has 372 valence electrons. The molecule has 8 nitrogen and oxygen atoms in total. The second-order valence-corrected chi connectivity index (χ2v) is 19.8. The minimum absolute atomic E-state index is 0.0465. The van der Waals surface area contributed by atoms with Gasteiger partial charge in [0.05, 0.1) is 34.4 Å². The Morgan fingerprint density at radius 2 is 0.794 bits per heavy atom. The van der Waals surface area contributed by atoms with Crippen molar-refractivity contribution >= 4 is 17.9 Å². The Morgan fingerprint density at radius 3 is 1.14 bits per heavy atom. The third-order valence-electron chi connectivity index (χ3n) is 12.7. The van der Waals surface area contributed by atoms with Crippen molar-refractivity contribution in [3.05, 3.63) is 12.2 Å². The molecule has 0 aliphatic rings. The van der Waals surface area contributed by atoms with Crippen LogP contribution in [0.1, 0.15) is 271 Å². The normalized spacial score (nSPS) is 12.8. The average molecular weight is 893 g/mol. The number of esters is 2. The Labute approximate surface area is 390 Å². The van der Waals surface area contributed by atoms with Crippen LogP contribution in [0.15, 0.2) is 12.2 Å². The van der Waals surface area contributed by atoms with Crippen molar-refractivity contribution in [2.75, 3.05) is 41.0 Å². The lowest BCUT2D eigenvalue weighted by molar-refractivity contribution is -0.887. The number of likely N-dealkylation sites (N-methyl/N-ethyl adjacent to an activating group) is 1. The van der Waals surface area contributed by atoms with Crippen molar-refractivity contribution in [3.63, 3.8) is 0 Å². The van der Waals surface area contributed by atoms with Crippen LogP contribution in [0.5, 0.6) is 0 Å². The maximum absolute atomic E-state index is 12.8. The van der Waals surface area contributed by atoms with E-state index in [1.165, 1.54) is 199 Å². The molecule has 2 atom stereocenters. The van der Waals surface area contributed by atoms with Gasteiger partial charge in [0, 0.05) is 19.3 Å². The zero-order chi connectivity index (χ0) is 46.3. The minimum Gasteiger partial charge on any atom is -0.477 e. The van der Waals surface area contributed by atoms with Crippen LogP contribution < -0.4 is 0 Å². The van der Waals surface area contributed by atoms with Crippen LogP contribution in [0, 0.1) is 0 Å². The summed E-state index contributed by atoms with van der Waals surface area (Å²) in [6.45, 7) is 4.79. The first-order valence-electron chi connectivity index (χ1n) is 27.2. The maximum atomic E-state index is 12.8. The second-order valence-electron chi connectivity index (χ2n) is 19.8. The number of ether oxygens (including phenoxy) is 3. The number of carbonyl (C=O) groups is 3. The molecule has 63 heavy (non-hydrogen) atoms. The molecule has 0 aliphatic carbocycles. The number of quaternary nitrogens is 1. The Bertz CT molecular complexity index is 1040. The van der Waals surface area contributed by atoms with Crippen LogP contribution in [0.3, 0.4) is 0 Å². The Balaban J connectivity index is 4.17. The SMILES string of the molecule is CCCCCCCCCCCC/C=C/CCCCCCCCCC(=O)OCC(COCCC(C(=O)O)[N+](C)(C)C)OC(=O)CCCCCCCCCCCCCCCCCCCC. The first-order chi connectivity index (χ1) is 30.6. The number of allylic oxidation sites excluding steroid dienone is 2. The molecule has 0 heterocycles. The highest BCUT2D eigenvalue weighted by Crippen LogP contribution is 2.17. The number of carbonyl (C=O) groups excluding carboxylic acids is 2. The van der Waals surface area contributed by atoms with E-state index in [9.17, 15) is 19.5 Å². The van der Waals surface area contributed by atoms with Gasteiger partial charge >= 0.3 is 17.9 Å². The predicted molar refractivity (Wildman–Crippen MR) is 266 cm³/mol. The summed E-state index contributed by atoms with van der Waals surface area (Å²) in [5.74, 6) is -1.45. The van der Waals surface area contributed by atoms with Gasteiger partial charge in [0.2, 0.25) is 0 Å². The first-order valence-corrected chi connectivity index (χ1v) is 27.2. The van der Waals surface area contributed by atoms with Crippen molar-refractivity contribution in [2.45, 2.75) is 283 Å². The third kappa shape index (κ3) is 45.0. The molecular formula is C55H106NO7+. The molecular weight excluding hydrogens is 787 g/mol. The summed E-state index contributed by atoms with van der Waals surface area (Å²) in [6, 6.07) is -0.612. The van der Waals surface area contributed by atoms with Crippen molar-refractivity contribution in [1.29, 1.82) is 0 Å². The van der Waals surface area contributed by atoms with Gasteiger partial charge in [-0.3, -0.25) is 9.59 Å². The molecule has 0 saturated carbocycles. The molecule has 0 bridgehead atoms. The van der Waals surface area contributed by atoms with E-state index in [0.717, 1.165) is 38.5 Å². The van der Waals surface area contributed by atoms with Crippen LogP contribution in [0.2, 0.25) is 0 Å². The van der Waals surface area contributed by atoms with E-state index in [2.05, 4.69) is 26.0 Å². The maximum Gasteiger partial charge on any atom is 0.362 e. The highest BCUT2D eigenvalue weighted by molar-refractivity contribution is 5.72. The van der Waals surface area contributed by atoms with Gasteiger partial charge in [-0.1, -0.05) is 225 Å². The van der Waals surface area contributed by atoms with Crippen molar-refractivity contribution in [3.8, 4) is 0 Å². The third-order valence-corrected chi connectivity index (χ3v) is 12.7. The highest BCUT2D eigenvalue weighted by Gasteiger charge is 2.31. The monoisotopic (exact) mass is 893 g/mol. The molecule has 8 heteroatoms. The van der Waals surface area contributed by atoms with Gasteiger partial charge < -0.3 is 23.8 Å². The minimum atomic E-state index is -0.870. The van der Waals surface area contributed by atoms with Gasteiger partial charge in [0.1, 0.15) is 6.61 Å². The van der Waals surface area contributed by atoms with E-state index >= 15 is 0 Å². The lowest BCUT2D eigenvalue weighted by Gasteiger charge is -2.31. The fraction of sp³-hybridized carbons (Fsp3) is 0.909. The van der Waals surface area contributed by atoms with Crippen LogP contribution in [0.25, 0.3) is 0 Å². The summed E-state index contributed by atoms with van der Waals surface area (Å²) in [6.07, 6.45) is 52.6. The largest absolute Gasteiger partial charge is 0.477 e. The predicted octanol–water partition coefficient (Wildman–Crippen LogP) is 15.8. The van der Waals surface area contributed by atoms with E-state index in [1.807, 2.05) is 21.1 Å². The molecule has 0 radical (unpaired) electrons. The summed E-state index contributed by atoms with van der Waals surface area (Å²) in [5.41, 5.74) is 0. The van der Waals surface area contributed by atoms with Crippen LogP contribution in [-0.4, -0.2) is 80.6 Å². The Hall–Kier alpha value is -1.93. The molecule has 0 aromatic heterocycles. The van der Waals surface area contributed by atoms with E-state index in [-0.39, 0.29) is 36.2 Å². The second kappa shape index (κ2) is 46.6. The number of unbranched alkanes of at least 4 members (excludes halogenated alkanes) is 34. The van der Waals surface area contributed by atoms with Crippen LogP contribution >= 0.6 is 0 Å². The van der Waals surface area contributed by atoms with Gasteiger partial charge in [-0.2, -0.15) is 0 Å². The molecule has 0 aromatic carbocycles. The number of aliphatic carboxylic acids is 1. The zero-order valence-corrected chi connectivity index (χ0v) is 42.6. The summed E-state index contributed by atoms with van der Waals surface area (Å²) >= 11 is 0. The standard InChI is InChI=1S/C55H105NO7/c1-6-8-10-12-14-16-18-20-22-24-26-27-28-30-31-33-35-37-39-41-43-45-53(57)62-50-51(49-61-48-47-52(55(59)60)56(3,4)5)63-54(58)46-44-42-40-38-36-34-32-29-25-23-21-19-17-15-13-11-9-7-2/h27-28,51-52H,6-26,29-50H2,1-5H3/p+1/b28-27+. The molecule has 2 unspecified atom stereocenters. The number of hydrogen-bond acceptors (Lipinski definition) is 6. The quantitative estimate of drug-likeness (QED) is 0.0281. The topological polar surface area (TPSA) is 99.1 Å². The number of carboxylic acid groups (broad SMARTS) is 1. The van der Waals surface area contributed by atoms with Gasteiger partial charge in [-0.25, -0.2) is 4.79 Å². The van der Waals surface area contributed by atoms with Gasteiger partial charge in [0.25, 0.3) is 0 Å². The smallest absolute Gasteiger partial charge is 0.362 e. The summed E-state index contributed by atoms with van der Waals surface area (Å²) in [5, 5.41) is 9.66. The molecule has 0 aliphatic heterocycles. The Kier molecular flexibility index (Phi) is 45.2. The van der Waals surface area contributed by atoms with Gasteiger partial charge in [-0.05, 0) is 38.5 Å². The molecule has 0 spiro atoms. The molecule has 0 aromatic rings. The van der Waals surface area contributed by atoms with Crippen molar-refractivity contribution < 1.29 is 38.2 Å². The van der Waals surface area contributed by atoms with E-state index < -0.39 is 18.1 Å². The van der Waals surface area contributed by atoms with Crippen molar-refractivity contribution in [1.82, 2.24) is 0 Å². The number of nitrogens with zero attached hydrogens (tertiary/aromatic N) is 1. The van der Waals surface area contributed by atoms with E-state index in [1.54, 1.807) is 0 Å². The number of hydrogen-bond donors (Lipinski definition) is 1. The summed E-state index contributed by atoms with van der Waals surface area (Å²) in [7, 11) is 5.55. The first kappa shape index (κ1) is 61.1. The molecule has 0 amide bonds. The summed E-state index contributed by atoms with van der Waals surface area (Å²) in [4.78, 5) is 37.2. The van der Waals surface area contributed by atoms with E-state index in [4.69, 9.17) is 14.2 Å². The van der Waals surface area contributed by atoms with Crippen molar-refractivity contribution in [2.24, 2.45) is 0 Å². The van der Waals surface area contributed by atoms with E-state index in [0.29, 0.717) is 19.3 Å². The lowest BCUT2D eigenvalue weighted by Crippen LogP contribution is -2.50. The fourth-order valence-corrected chi connectivity index (χ4v) is 8.44. The summed E-state index contributed by atoms with van der Waals surface area (Å²) < 4.78 is 17.4. The molecule has 1 N–H and O–H groups in total.